The Morgan fingerprint density at radius 2 is 2.25 bits per heavy atom. The third kappa shape index (κ3) is 3.15. The fourth-order valence-corrected chi connectivity index (χ4v) is 4.01. The average Bonchev–Trinajstić information content (AvgIpc) is 3.25. The van der Waals surface area contributed by atoms with Crippen LogP contribution in [0.2, 0.25) is 0 Å². The van der Waals surface area contributed by atoms with Crippen molar-refractivity contribution < 1.29 is 4.74 Å². The summed E-state index contributed by atoms with van der Waals surface area (Å²) in [4.78, 5) is 8.37. The number of rotatable bonds is 5. The Hall–Kier alpha value is -1.96. The monoisotopic (exact) mass is 343 g/mol. The number of nitrogens with zero attached hydrogens (tertiary/aromatic N) is 4. The lowest BCUT2D eigenvalue weighted by Gasteiger charge is -2.34. The van der Waals surface area contributed by atoms with Crippen LogP contribution in [-0.2, 0) is 4.74 Å². The minimum atomic E-state index is 0.333. The summed E-state index contributed by atoms with van der Waals surface area (Å²) in [5.41, 5.74) is 2.01. The minimum absolute atomic E-state index is 0.333. The molecule has 0 aliphatic carbocycles. The molecular weight excluding hydrogens is 322 g/mol. The number of anilines is 1. The van der Waals surface area contributed by atoms with Crippen molar-refractivity contribution in [2.24, 2.45) is 0 Å². The lowest BCUT2D eigenvalue weighted by molar-refractivity contribution is 0.0194. The van der Waals surface area contributed by atoms with E-state index in [-0.39, 0.29) is 0 Å². The molecule has 1 unspecified atom stereocenters. The SMILES string of the molecule is Cc1cc2c(NCC(c3cccs3)N3CCOCC3)nccn2n1. The largest absolute Gasteiger partial charge is 0.379 e. The zero-order valence-corrected chi connectivity index (χ0v) is 14.5. The Morgan fingerprint density at radius 1 is 1.38 bits per heavy atom. The number of thiophene rings is 1. The van der Waals surface area contributed by atoms with Crippen molar-refractivity contribution in [3.63, 3.8) is 0 Å². The molecule has 3 aromatic heterocycles. The molecule has 0 amide bonds. The summed E-state index contributed by atoms with van der Waals surface area (Å²) in [5.74, 6) is 0.882. The quantitative estimate of drug-likeness (QED) is 0.772. The van der Waals surface area contributed by atoms with E-state index in [9.17, 15) is 0 Å². The first-order valence-corrected chi connectivity index (χ1v) is 9.09. The molecule has 4 heterocycles. The van der Waals surface area contributed by atoms with Crippen LogP contribution in [0.5, 0.6) is 0 Å². The van der Waals surface area contributed by atoms with E-state index in [0.29, 0.717) is 6.04 Å². The van der Waals surface area contributed by atoms with Crippen LogP contribution in [0.25, 0.3) is 5.52 Å². The number of nitrogens with one attached hydrogen (secondary N) is 1. The van der Waals surface area contributed by atoms with E-state index in [0.717, 1.165) is 49.9 Å². The van der Waals surface area contributed by atoms with Gasteiger partial charge >= 0.3 is 0 Å². The predicted octanol–water partition coefficient (Wildman–Crippen LogP) is 2.58. The summed E-state index contributed by atoms with van der Waals surface area (Å²) in [6, 6.07) is 6.72. The van der Waals surface area contributed by atoms with Gasteiger partial charge in [0.25, 0.3) is 0 Å². The molecule has 1 atom stereocenters. The molecular formula is C17H21N5OS. The second kappa shape index (κ2) is 6.88. The van der Waals surface area contributed by atoms with E-state index in [1.165, 1.54) is 4.88 Å². The highest BCUT2D eigenvalue weighted by atomic mass is 32.1. The predicted molar refractivity (Wildman–Crippen MR) is 95.7 cm³/mol. The third-order valence-corrected chi connectivity index (χ3v) is 5.31. The van der Waals surface area contributed by atoms with Crippen LogP contribution < -0.4 is 5.32 Å². The van der Waals surface area contributed by atoms with Gasteiger partial charge in [0, 0.05) is 36.9 Å². The van der Waals surface area contributed by atoms with Gasteiger partial charge in [0.05, 0.1) is 24.9 Å². The molecule has 1 saturated heterocycles. The summed E-state index contributed by atoms with van der Waals surface area (Å²) >= 11 is 1.81. The summed E-state index contributed by atoms with van der Waals surface area (Å²) < 4.78 is 7.38. The van der Waals surface area contributed by atoms with Gasteiger partial charge < -0.3 is 10.1 Å². The Balaban J connectivity index is 1.56. The number of morpholine rings is 1. The maximum absolute atomic E-state index is 5.51. The third-order valence-electron chi connectivity index (χ3n) is 4.33. The number of ether oxygens (including phenoxy) is 1. The van der Waals surface area contributed by atoms with Gasteiger partial charge in [-0.1, -0.05) is 6.07 Å². The van der Waals surface area contributed by atoms with E-state index in [1.54, 1.807) is 6.20 Å². The Labute approximate surface area is 145 Å². The molecule has 7 heteroatoms. The fourth-order valence-electron chi connectivity index (χ4n) is 3.15. The molecule has 24 heavy (non-hydrogen) atoms. The second-order valence-corrected chi connectivity index (χ2v) is 6.93. The van der Waals surface area contributed by atoms with Crippen molar-refractivity contribution in [1.29, 1.82) is 0 Å². The first kappa shape index (κ1) is 15.6. The molecule has 6 nitrogen and oxygen atoms in total. The lowest BCUT2D eigenvalue weighted by atomic mass is 10.2. The molecule has 1 aliphatic heterocycles. The summed E-state index contributed by atoms with van der Waals surface area (Å²) in [6.07, 6.45) is 3.67. The van der Waals surface area contributed by atoms with Gasteiger partial charge in [-0.15, -0.1) is 11.3 Å². The van der Waals surface area contributed by atoms with Crippen LogP contribution in [-0.4, -0.2) is 52.3 Å². The number of aryl methyl sites for hydroxylation is 1. The van der Waals surface area contributed by atoms with Gasteiger partial charge in [-0.3, -0.25) is 4.90 Å². The highest BCUT2D eigenvalue weighted by molar-refractivity contribution is 7.10. The van der Waals surface area contributed by atoms with E-state index < -0.39 is 0 Å². The van der Waals surface area contributed by atoms with Crippen LogP contribution in [0.3, 0.4) is 0 Å². The Bertz CT molecular complexity index is 795. The molecule has 3 aromatic rings. The number of hydrogen-bond acceptors (Lipinski definition) is 6. The zero-order valence-electron chi connectivity index (χ0n) is 13.7. The first-order chi connectivity index (χ1) is 11.8. The summed E-state index contributed by atoms with van der Waals surface area (Å²) in [7, 11) is 0. The molecule has 1 aliphatic rings. The van der Waals surface area contributed by atoms with E-state index >= 15 is 0 Å². The van der Waals surface area contributed by atoms with Crippen molar-refractivity contribution in [3.05, 3.63) is 46.5 Å². The highest BCUT2D eigenvalue weighted by Gasteiger charge is 2.23. The maximum atomic E-state index is 5.51. The normalized spacial score (nSPS) is 17.2. The standard InChI is InChI=1S/C17H21N5OS/c1-13-11-14-17(18-4-5-22(14)20-13)19-12-15(16-3-2-10-24-16)21-6-8-23-9-7-21/h2-5,10-11,15H,6-9,12H2,1H3,(H,18,19). The van der Waals surface area contributed by atoms with Gasteiger partial charge in [0.1, 0.15) is 5.52 Å². The molecule has 1 N–H and O–H groups in total. The smallest absolute Gasteiger partial charge is 0.152 e. The van der Waals surface area contributed by atoms with Crippen molar-refractivity contribution in [1.82, 2.24) is 19.5 Å². The van der Waals surface area contributed by atoms with Crippen molar-refractivity contribution in [2.45, 2.75) is 13.0 Å². The van der Waals surface area contributed by atoms with Gasteiger partial charge in [0.2, 0.25) is 0 Å². The molecule has 1 fully saturated rings. The Morgan fingerprint density at radius 3 is 3.04 bits per heavy atom. The van der Waals surface area contributed by atoms with Gasteiger partial charge in [-0.25, -0.2) is 9.50 Å². The summed E-state index contributed by atoms with van der Waals surface area (Å²) in [6.45, 7) is 6.35. The van der Waals surface area contributed by atoms with Crippen LogP contribution in [0.4, 0.5) is 5.82 Å². The zero-order chi connectivity index (χ0) is 16.4. The van der Waals surface area contributed by atoms with E-state index in [4.69, 9.17) is 4.74 Å². The maximum Gasteiger partial charge on any atom is 0.152 e. The molecule has 4 rings (SSSR count). The van der Waals surface area contributed by atoms with E-state index in [2.05, 4.69) is 43.9 Å². The van der Waals surface area contributed by atoms with Gasteiger partial charge in [-0.2, -0.15) is 5.10 Å². The van der Waals surface area contributed by atoms with Crippen LogP contribution >= 0.6 is 11.3 Å². The van der Waals surface area contributed by atoms with E-state index in [1.807, 2.05) is 29.0 Å². The van der Waals surface area contributed by atoms with Gasteiger partial charge in [0.15, 0.2) is 5.82 Å². The molecule has 126 valence electrons. The molecule has 0 saturated carbocycles. The Kier molecular flexibility index (Phi) is 4.46. The molecule has 0 spiro atoms. The van der Waals surface area contributed by atoms with Crippen molar-refractivity contribution in [2.75, 3.05) is 38.2 Å². The molecule has 0 bridgehead atoms. The van der Waals surface area contributed by atoms with Gasteiger partial charge in [-0.05, 0) is 24.4 Å². The van der Waals surface area contributed by atoms with Crippen molar-refractivity contribution in [3.8, 4) is 0 Å². The fraction of sp³-hybridized carbons (Fsp3) is 0.412. The van der Waals surface area contributed by atoms with Crippen molar-refractivity contribution >= 4 is 22.7 Å². The number of fused-ring (bicyclic) bond motifs is 1. The average molecular weight is 343 g/mol. The number of hydrogen-bond donors (Lipinski definition) is 1. The molecule has 0 aromatic carbocycles. The van der Waals surface area contributed by atoms with Crippen LogP contribution in [0.15, 0.2) is 36.0 Å². The highest BCUT2D eigenvalue weighted by Crippen LogP contribution is 2.27. The lowest BCUT2D eigenvalue weighted by Crippen LogP contribution is -2.41. The summed E-state index contributed by atoms with van der Waals surface area (Å²) in [5, 5.41) is 10.1. The first-order valence-electron chi connectivity index (χ1n) is 8.21. The minimum Gasteiger partial charge on any atom is -0.379 e. The molecule has 0 radical (unpaired) electrons. The topological polar surface area (TPSA) is 54.7 Å². The van der Waals surface area contributed by atoms with Crippen LogP contribution in [0, 0.1) is 6.92 Å². The van der Waals surface area contributed by atoms with Crippen LogP contribution in [0.1, 0.15) is 16.6 Å². The second-order valence-electron chi connectivity index (χ2n) is 5.95. The number of aromatic nitrogens is 3.